The van der Waals surface area contributed by atoms with Gasteiger partial charge in [0.1, 0.15) is 5.60 Å². The molecule has 1 aliphatic rings. The van der Waals surface area contributed by atoms with Crippen molar-refractivity contribution >= 4 is 11.7 Å². The van der Waals surface area contributed by atoms with Crippen LogP contribution in [-0.2, 0) is 10.3 Å². The molecule has 0 spiro atoms. The summed E-state index contributed by atoms with van der Waals surface area (Å²) >= 11 is 0. The third-order valence-corrected chi connectivity index (χ3v) is 4.61. The van der Waals surface area contributed by atoms with Gasteiger partial charge in [-0.25, -0.2) is 4.79 Å². The van der Waals surface area contributed by atoms with Crippen LogP contribution in [0.3, 0.4) is 0 Å². The first-order valence-electron chi connectivity index (χ1n) is 8.38. The number of nitro benzene ring substituents is 1. The highest BCUT2D eigenvalue weighted by Crippen LogP contribution is 2.36. The van der Waals surface area contributed by atoms with E-state index in [-0.39, 0.29) is 17.0 Å². The number of nitrogens with one attached hydrogen (secondary N) is 1. The first-order chi connectivity index (χ1) is 12.6. The molecular weight excluding hydrogens is 336 g/mol. The van der Waals surface area contributed by atoms with Gasteiger partial charge in [0.25, 0.3) is 0 Å². The molecule has 7 heteroatoms. The molecule has 1 saturated heterocycles. The van der Waals surface area contributed by atoms with Gasteiger partial charge in [0.05, 0.1) is 17.6 Å². The quantitative estimate of drug-likeness (QED) is 0.503. The van der Waals surface area contributed by atoms with E-state index in [1.807, 2.05) is 30.3 Å². The number of piperidine rings is 1. The van der Waals surface area contributed by atoms with E-state index in [0.29, 0.717) is 12.8 Å². The molecule has 0 bridgehead atoms. The third kappa shape index (κ3) is 3.52. The molecule has 0 saturated carbocycles. The average Bonchev–Trinajstić information content (AvgIpc) is 2.68. The number of carbonyl (C=O) groups is 1. The van der Waals surface area contributed by atoms with Gasteiger partial charge in [-0.15, -0.1) is 0 Å². The van der Waals surface area contributed by atoms with E-state index in [1.165, 1.54) is 25.3 Å². The van der Waals surface area contributed by atoms with Gasteiger partial charge in [-0.2, -0.15) is 0 Å². The number of rotatable bonds is 5. The average molecular weight is 356 g/mol. The second-order valence-electron chi connectivity index (χ2n) is 6.14. The van der Waals surface area contributed by atoms with Gasteiger partial charge in [-0.3, -0.25) is 10.1 Å². The monoisotopic (exact) mass is 356 g/mol. The van der Waals surface area contributed by atoms with Gasteiger partial charge in [0, 0.05) is 18.9 Å². The topological polar surface area (TPSA) is 90.7 Å². The lowest BCUT2D eigenvalue weighted by Crippen LogP contribution is -2.43. The van der Waals surface area contributed by atoms with Crippen LogP contribution in [0.4, 0.5) is 5.69 Å². The Hall–Kier alpha value is -2.93. The number of nitro groups is 1. The Bertz CT molecular complexity index is 801. The van der Waals surface area contributed by atoms with Crippen molar-refractivity contribution in [2.24, 2.45) is 0 Å². The number of nitrogens with zero attached hydrogens (tertiary/aromatic N) is 1. The van der Waals surface area contributed by atoms with E-state index in [0.717, 1.165) is 18.7 Å². The van der Waals surface area contributed by atoms with Gasteiger partial charge >= 0.3 is 11.7 Å². The minimum Gasteiger partial charge on any atom is -0.490 e. The Morgan fingerprint density at radius 1 is 1.15 bits per heavy atom. The van der Waals surface area contributed by atoms with Crippen LogP contribution in [0.5, 0.6) is 5.75 Å². The lowest BCUT2D eigenvalue weighted by Gasteiger charge is -2.37. The van der Waals surface area contributed by atoms with E-state index in [2.05, 4.69) is 5.32 Å². The van der Waals surface area contributed by atoms with Crippen LogP contribution in [0, 0.1) is 10.1 Å². The van der Waals surface area contributed by atoms with Crippen molar-refractivity contribution in [2.45, 2.75) is 18.4 Å². The van der Waals surface area contributed by atoms with Gasteiger partial charge < -0.3 is 14.8 Å². The van der Waals surface area contributed by atoms with Crippen LogP contribution in [0.15, 0.2) is 48.5 Å². The van der Waals surface area contributed by atoms with E-state index >= 15 is 0 Å². The summed E-state index contributed by atoms with van der Waals surface area (Å²) in [5.41, 5.74) is 0.0587. The summed E-state index contributed by atoms with van der Waals surface area (Å²) in [6.45, 7) is 1.45. The van der Waals surface area contributed by atoms with Crippen molar-refractivity contribution in [1.29, 1.82) is 0 Å². The lowest BCUT2D eigenvalue weighted by atomic mass is 9.84. The van der Waals surface area contributed by atoms with Crippen molar-refractivity contribution in [3.8, 4) is 5.75 Å². The number of hydrogen-bond donors (Lipinski definition) is 1. The van der Waals surface area contributed by atoms with Crippen molar-refractivity contribution < 1.29 is 19.2 Å². The number of methoxy groups -OCH3 is 1. The number of esters is 1. The molecule has 0 aromatic heterocycles. The first kappa shape index (κ1) is 17.9. The fourth-order valence-electron chi connectivity index (χ4n) is 3.22. The van der Waals surface area contributed by atoms with Crippen LogP contribution < -0.4 is 10.1 Å². The van der Waals surface area contributed by atoms with E-state index in [1.54, 1.807) is 0 Å². The van der Waals surface area contributed by atoms with Crippen molar-refractivity contribution in [3.05, 3.63) is 69.8 Å². The molecule has 7 nitrogen and oxygen atoms in total. The predicted octanol–water partition coefficient (Wildman–Crippen LogP) is 3.04. The summed E-state index contributed by atoms with van der Waals surface area (Å²) in [6, 6.07) is 13.7. The lowest BCUT2D eigenvalue weighted by molar-refractivity contribution is -0.385. The highest BCUT2D eigenvalue weighted by molar-refractivity contribution is 5.91. The molecule has 0 unspecified atom stereocenters. The molecule has 0 atom stereocenters. The molecule has 1 aliphatic heterocycles. The molecule has 1 N–H and O–H groups in total. The summed E-state index contributed by atoms with van der Waals surface area (Å²) < 4.78 is 10.9. The SMILES string of the molecule is COc1ccc(C(=O)OC2(c3ccccc3)CCNCC2)cc1[N+](=O)[O-]. The molecule has 2 aromatic rings. The Morgan fingerprint density at radius 3 is 2.46 bits per heavy atom. The molecule has 0 amide bonds. The number of carbonyl (C=O) groups excluding carboxylic acids is 1. The normalized spacial score (nSPS) is 15.9. The van der Waals surface area contributed by atoms with Gasteiger partial charge in [0.15, 0.2) is 5.75 Å². The summed E-state index contributed by atoms with van der Waals surface area (Å²) in [7, 11) is 1.35. The molecule has 2 aromatic carbocycles. The maximum atomic E-state index is 12.8. The summed E-state index contributed by atoms with van der Waals surface area (Å²) in [4.78, 5) is 23.4. The smallest absolute Gasteiger partial charge is 0.339 e. The second kappa shape index (κ2) is 7.53. The number of ether oxygens (including phenoxy) is 2. The minimum atomic E-state index is -0.738. The summed E-state index contributed by atoms with van der Waals surface area (Å²) in [5, 5.41) is 14.5. The molecule has 1 fully saturated rings. The van der Waals surface area contributed by atoms with Crippen molar-refractivity contribution in [3.63, 3.8) is 0 Å². The zero-order valence-electron chi connectivity index (χ0n) is 14.4. The molecular formula is C19H20N2O5. The van der Waals surface area contributed by atoms with Crippen molar-refractivity contribution in [1.82, 2.24) is 5.32 Å². The molecule has 1 heterocycles. The maximum Gasteiger partial charge on any atom is 0.339 e. The molecule has 26 heavy (non-hydrogen) atoms. The zero-order chi connectivity index (χ0) is 18.6. The van der Waals surface area contributed by atoms with Gasteiger partial charge in [-0.1, -0.05) is 30.3 Å². The van der Waals surface area contributed by atoms with Crippen LogP contribution in [0.2, 0.25) is 0 Å². The van der Waals surface area contributed by atoms with Crippen LogP contribution >= 0.6 is 0 Å². The number of benzene rings is 2. The Kier molecular flexibility index (Phi) is 5.18. The minimum absolute atomic E-state index is 0.103. The highest BCUT2D eigenvalue weighted by atomic mass is 16.6. The maximum absolute atomic E-state index is 12.8. The number of hydrogen-bond acceptors (Lipinski definition) is 6. The fourth-order valence-corrected chi connectivity index (χ4v) is 3.22. The first-order valence-corrected chi connectivity index (χ1v) is 8.38. The van der Waals surface area contributed by atoms with E-state index in [4.69, 9.17) is 9.47 Å². The van der Waals surface area contributed by atoms with Crippen LogP contribution in [0.25, 0.3) is 0 Å². The van der Waals surface area contributed by atoms with E-state index < -0.39 is 16.5 Å². The Balaban J connectivity index is 1.91. The molecule has 0 radical (unpaired) electrons. The largest absolute Gasteiger partial charge is 0.490 e. The van der Waals surface area contributed by atoms with E-state index in [9.17, 15) is 14.9 Å². The third-order valence-electron chi connectivity index (χ3n) is 4.61. The summed E-state index contributed by atoms with van der Waals surface area (Å²) in [6.07, 6.45) is 1.28. The Labute approximate surface area is 151 Å². The Morgan fingerprint density at radius 2 is 1.85 bits per heavy atom. The zero-order valence-corrected chi connectivity index (χ0v) is 14.4. The van der Waals surface area contributed by atoms with Crippen molar-refractivity contribution in [2.75, 3.05) is 20.2 Å². The molecule has 136 valence electrons. The second-order valence-corrected chi connectivity index (χ2v) is 6.14. The predicted molar refractivity (Wildman–Crippen MR) is 95.3 cm³/mol. The standard InChI is InChI=1S/C19H20N2O5/c1-25-17-8-7-14(13-16(17)21(23)24)18(22)26-19(9-11-20-12-10-19)15-5-3-2-4-6-15/h2-8,13,20H,9-12H2,1H3. The van der Waals surface area contributed by atoms with Crippen LogP contribution in [0.1, 0.15) is 28.8 Å². The fraction of sp³-hybridized carbons (Fsp3) is 0.316. The van der Waals surface area contributed by atoms with Crippen LogP contribution in [-0.4, -0.2) is 31.1 Å². The molecule has 0 aliphatic carbocycles. The molecule has 3 rings (SSSR count). The van der Waals surface area contributed by atoms with Gasteiger partial charge in [-0.05, 0) is 30.8 Å². The highest BCUT2D eigenvalue weighted by Gasteiger charge is 2.38. The summed E-state index contributed by atoms with van der Waals surface area (Å²) in [5.74, 6) is -0.479. The van der Waals surface area contributed by atoms with Gasteiger partial charge in [0.2, 0.25) is 0 Å².